The van der Waals surface area contributed by atoms with E-state index in [9.17, 15) is 14.4 Å². The molecule has 3 amide bonds. The van der Waals surface area contributed by atoms with Crippen molar-refractivity contribution in [2.75, 3.05) is 0 Å². The maximum atomic E-state index is 11.8. The molecule has 21 heavy (non-hydrogen) atoms. The predicted octanol–water partition coefficient (Wildman–Crippen LogP) is 0.973. The van der Waals surface area contributed by atoms with Gasteiger partial charge in [-0.2, -0.15) is 0 Å². The smallest absolute Gasteiger partial charge is 0.326 e. The highest BCUT2D eigenvalue weighted by molar-refractivity contribution is 5.83. The SMILES string of the molecule is CCC1CCC(NC(=O)N[C@H](CCC(N)=O)C(=O)O)CC1. The summed E-state index contributed by atoms with van der Waals surface area (Å²) in [5.74, 6) is -1.02. The van der Waals surface area contributed by atoms with Crippen LogP contribution in [-0.4, -0.2) is 35.1 Å². The van der Waals surface area contributed by atoms with Crippen molar-refractivity contribution >= 4 is 17.9 Å². The molecule has 0 aromatic rings. The fraction of sp³-hybridized carbons (Fsp3) is 0.786. The molecular formula is C14H25N3O4. The third kappa shape index (κ3) is 6.46. The van der Waals surface area contributed by atoms with E-state index in [-0.39, 0.29) is 18.9 Å². The molecule has 1 aliphatic rings. The van der Waals surface area contributed by atoms with Crippen LogP contribution in [0.25, 0.3) is 0 Å². The highest BCUT2D eigenvalue weighted by Crippen LogP contribution is 2.26. The second-order valence-electron chi connectivity index (χ2n) is 5.64. The minimum absolute atomic E-state index is 0.000657. The fourth-order valence-electron chi connectivity index (χ4n) is 2.64. The number of hydrogen-bond donors (Lipinski definition) is 4. The number of aliphatic carboxylic acids is 1. The summed E-state index contributed by atoms with van der Waals surface area (Å²) in [6.07, 6.45) is 5.11. The number of hydrogen-bond acceptors (Lipinski definition) is 3. The zero-order valence-corrected chi connectivity index (χ0v) is 12.4. The molecule has 0 bridgehead atoms. The molecule has 1 aliphatic carbocycles. The van der Waals surface area contributed by atoms with Crippen molar-refractivity contribution in [1.29, 1.82) is 0 Å². The molecule has 0 aromatic carbocycles. The van der Waals surface area contributed by atoms with E-state index in [1.807, 2.05) is 0 Å². The highest BCUT2D eigenvalue weighted by atomic mass is 16.4. The van der Waals surface area contributed by atoms with E-state index < -0.39 is 23.9 Å². The lowest BCUT2D eigenvalue weighted by atomic mass is 9.85. The van der Waals surface area contributed by atoms with Crippen molar-refractivity contribution in [3.8, 4) is 0 Å². The van der Waals surface area contributed by atoms with Gasteiger partial charge in [-0.3, -0.25) is 4.79 Å². The second-order valence-corrected chi connectivity index (χ2v) is 5.64. The van der Waals surface area contributed by atoms with E-state index in [0.29, 0.717) is 0 Å². The molecule has 1 rings (SSSR count). The topological polar surface area (TPSA) is 122 Å². The van der Waals surface area contributed by atoms with Crippen LogP contribution in [0.5, 0.6) is 0 Å². The van der Waals surface area contributed by atoms with E-state index in [4.69, 9.17) is 10.8 Å². The summed E-state index contributed by atoms with van der Waals surface area (Å²) >= 11 is 0. The summed E-state index contributed by atoms with van der Waals surface area (Å²) in [6.45, 7) is 2.17. The van der Waals surface area contributed by atoms with Gasteiger partial charge in [-0.15, -0.1) is 0 Å². The number of carboxylic acid groups (broad SMARTS) is 1. The molecule has 1 saturated carbocycles. The van der Waals surface area contributed by atoms with Crippen LogP contribution in [0.3, 0.4) is 0 Å². The Labute approximate surface area is 124 Å². The first kappa shape index (κ1) is 17.3. The van der Waals surface area contributed by atoms with E-state index in [2.05, 4.69) is 17.6 Å². The van der Waals surface area contributed by atoms with E-state index in [1.54, 1.807) is 0 Å². The Morgan fingerprint density at radius 1 is 1.24 bits per heavy atom. The number of nitrogens with one attached hydrogen (secondary N) is 2. The average molecular weight is 299 g/mol. The summed E-state index contributed by atoms with van der Waals surface area (Å²) in [4.78, 5) is 33.5. The van der Waals surface area contributed by atoms with Crippen LogP contribution in [0.1, 0.15) is 51.9 Å². The minimum atomic E-state index is -1.17. The third-order valence-electron chi connectivity index (χ3n) is 4.04. The van der Waals surface area contributed by atoms with Gasteiger partial charge in [0.1, 0.15) is 6.04 Å². The second kappa shape index (κ2) is 8.49. The van der Waals surface area contributed by atoms with Crippen LogP contribution in [0.15, 0.2) is 0 Å². The van der Waals surface area contributed by atoms with Crippen molar-refractivity contribution in [1.82, 2.24) is 10.6 Å². The molecule has 0 aliphatic heterocycles. The van der Waals surface area contributed by atoms with Gasteiger partial charge in [-0.25, -0.2) is 9.59 Å². The van der Waals surface area contributed by atoms with Gasteiger partial charge in [-0.05, 0) is 38.0 Å². The molecule has 0 radical (unpaired) electrons. The molecule has 7 heteroatoms. The molecule has 1 fully saturated rings. The van der Waals surface area contributed by atoms with Crippen molar-refractivity contribution in [3.63, 3.8) is 0 Å². The first-order chi connectivity index (χ1) is 9.92. The van der Waals surface area contributed by atoms with Crippen LogP contribution >= 0.6 is 0 Å². The number of rotatable bonds is 7. The highest BCUT2D eigenvalue weighted by Gasteiger charge is 2.24. The van der Waals surface area contributed by atoms with Gasteiger partial charge in [0.2, 0.25) is 5.91 Å². The number of primary amides is 1. The quantitative estimate of drug-likeness (QED) is 0.559. The Bertz CT molecular complexity index is 378. The van der Waals surface area contributed by atoms with Crippen molar-refractivity contribution in [3.05, 3.63) is 0 Å². The molecule has 0 saturated heterocycles. The summed E-state index contributed by atoms with van der Waals surface area (Å²) in [5.41, 5.74) is 4.99. The van der Waals surface area contributed by atoms with E-state index in [0.717, 1.165) is 38.0 Å². The lowest BCUT2D eigenvalue weighted by Gasteiger charge is -2.28. The van der Waals surface area contributed by atoms with Gasteiger partial charge in [0.05, 0.1) is 0 Å². The molecule has 120 valence electrons. The molecule has 0 heterocycles. The summed E-state index contributed by atoms with van der Waals surface area (Å²) < 4.78 is 0. The molecular weight excluding hydrogens is 274 g/mol. The zero-order chi connectivity index (χ0) is 15.8. The maximum absolute atomic E-state index is 11.8. The first-order valence-electron chi connectivity index (χ1n) is 7.50. The normalized spacial score (nSPS) is 23.1. The molecule has 0 spiro atoms. The van der Waals surface area contributed by atoms with E-state index >= 15 is 0 Å². The maximum Gasteiger partial charge on any atom is 0.326 e. The molecule has 1 atom stereocenters. The number of amides is 3. The monoisotopic (exact) mass is 299 g/mol. The Morgan fingerprint density at radius 2 is 1.86 bits per heavy atom. The fourth-order valence-corrected chi connectivity index (χ4v) is 2.64. The van der Waals surface area contributed by atoms with Crippen LogP contribution in [-0.2, 0) is 9.59 Å². The summed E-state index contributed by atoms with van der Waals surface area (Å²) in [6, 6.07) is -1.49. The van der Waals surface area contributed by atoms with Crippen molar-refractivity contribution in [2.24, 2.45) is 11.7 Å². The Kier molecular flexibility index (Phi) is 6.98. The van der Waals surface area contributed by atoms with Crippen LogP contribution < -0.4 is 16.4 Å². The van der Waals surface area contributed by atoms with Crippen molar-refractivity contribution in [2.45, 2.75) is 64.0 Å². The van der Waals surface area contributed by atoms with Crippen molar-refractivity contribution < 1.29 is 19.5 Å². The summed E-state index contributed by atoms with van der Waals surface area (Å²) in [7, 11) is 0. The standard InChI is InChI=1S/C14H25N3O4/c1-2-9-3-5-10(6-4-9)16-14(21)17-11(13(19)20)7-8-12(15)18/h9-11H,2-8H2,1H3,(H2,15,18)(H,19,20)(H2,16,17,21)/t9?,10?,11-/m1/s1. The number of carboxylic acids is 1. The zero-order valence-electron chi connectivity index (χ0n) is 12.4. The lowest BCUT2D eigenvalue weighted by molar-refractivity contribution is -0.139. The molecule has 7 nitrogen and oxygen atoms in total. The Hall–Kier alpha value is -1.79. The van der Waals surface area contributed by atoms with Crippen LogP contribution in [0.4, 0.5) is 4.79 Å². The van der Waals surface area contributed by atoms with Gasteiger partial charge in [-0.1, -0.05) is 13.3 Å². The Morgan fingerprint density at radius 3 is 2.33 bits per heavy atom. The van der Waals surface area contributed by atoms with Gasteiger partial charge in [0.15, 0.2) is 0 Å². The minimum Gasteiger partial charge on any atom is -0.480 e. The van der Waals surface area contributed by atoms with Gasteiger partial charge < -0.3 is 21.5 Å². The molecule has 0 aromatic heterocycles. The number of carbonyl (C=O) groups excluding carboxylic acids is 2. The average Bonchev–Trinajstić information content (AvgIpc) is 2.43. The van der Waals surface area contributed by atoms with Crippen LogP contribution in [0.2, 0.25) is 0 Å². The Balaban J connectivity index is 2.36. The molecule has 0 unspecified atom stereocenters. The predicted molar refractivity (Wildman–Crippen MR) is 77.6 cm³/mol. The van der Waals surface area contributed by atoms with Gasteiger partial charge in [0, 0.05) is 12.5 Å². The first-order valence-corrected chi connectivity index (χ1v) is 7.50. The van der Waals surface area contributed by atoms with Gasteiger partial charge in [0.25, 0.3) is 0 Å². The van der Waals surface area contributed by atoms with Gasteiger partial charge >= 0.3 is 12.0 Å². The lowest BCUT2D eigenvalue weighted by Crippen LogP contribution is -2.49. The number of carbonyl (C=O) groups is 3. The van der Waals surface area contributed by atoms with Crippen LogP contribution in [0, 0.1) is 5.92 Å². The third-order valence-corrected chi connectivity index (χ3v) is 4.04. The molecule has 5 N–H and O–H groups in total. The van der Waals surface area contributed by atoms with E-state index in [1.165, 1.54) is 0 Å². The number of urea groups is 1. The largest absolute Gasteiger partial charge is 0.480 e. The summed E-state index contributed by atoms with van der Waals surface area (Å²) in [5, 5.41) is 14.2. The number of nitrogens with two attached hydrogens (primary N) is 1.